The van der Waals surface area contributed by atoms with E-state index in [0.717, 1.165) is 11.1 Å². The van der Waals surface area contributed by atoms with E-state index in [1.165, 1.54) is 23.5 Å². The molecule has 1 atom stereocenters. The Balaban J connectivity index is 1.75. The van der Waals surface area contributed by atoms with E-state index in [2.05, 4.69) is 15.5 Å². The van der Waals surface area contributed by atoms with E-state index in [1.54, 1.807) is 25.1 Å². The van der Waals surface area contributed by atoms with Crippen LogP contribution in [0.15, 0.2) is 47.6 Å². The highest BCUT2D eigenvalue weighted by Crippen LogP contribution is 2.30. The van der Waals surface area contributed by atoms with Gasteiger partial charge in [-0.3, -0.25) is 4.79 Å². The number of benzene rings is 2. The number of carbonyl (C=O) groups is 1. The number of aryl methyl sites for hydroxylation is 1. The van der Waals surface area contributed by atoms with E-state index in [4.69, 9.17) is 22.2 Å². The van der Waals surface area contributed by atoms with Gasteiger partial charge < -0.3 is 15.9 Å². The third kappa shape index (κ3) is 4.23. The fourth-order valence-electron chi connectivity index (χ4n) is 2.59. The minimum Gasteiger partial charge on any atom is -0.495 e. The monoisotopic (exact) mass is 417 g/mol. The highest BCUT2D eigenvalue weighted by atomic mass is 35.5. The first-order valence-corrected chi connectivity index (χ1v) is 9.74. The normalized spacial score (nSPS) is 11.9. The molecular formula is C19H20ClN5O2S. The summed E-state index contributed by atoms with van der Waals surface area (Å²) >= 11 is 7.23. The third-order valence-electron chi connectivity index (χ3n) is 4.12. The molecule has 0 fully saturated rings. The van der Waals surface area contributed by atoms with Crippen molar-refractivity contribution in [3.05, 3.63) is 53.1 Å². The van der Waals surface area contributed by atoms with Crippen LogP contribution in [0, 0.1) is 6.92 Å². The summed E-state index contributed by atoms with van der Waals surface area (Å²) in [6.45, 7) is 3.74. The van der Waals surface area contributed by atoms with Crippen LogP contribution >= 0.6 is 23.4 Å². The van der Waals surface area contributed by atoms with Crippen LogP contribution in [0.4, 0.5) is 5.69 Å². The molecule has 0 aliphatic heterocycles. The molecule has 2 aromatic carbocycles. The van der Waals surface area contributed by atoms with Crippen LogP contribution in [0.1, 0.15) is 12.5 Å². The number of halogens is 1. The molecule has 146 valence electrons. The number of thioether (sulfide) groups is 1. The van der Waals surface area contributed by atoms with Gasteiger partial charge in [-0.2, -0.15) is 0 Å². The van der Waals surface area contributed by atoms with Crippen molar-refractivity contribution in [2.24, 2.45) is 0 Å². The lowest BCUT2D eigenvalue weighted by Gasteiger charge is -2.14. The molecule has 0 radical (unpaired) electrons. The molecule has 0 bridgehead atoms. The molecule has 0 aliphatic rings. The number of methoxy groups -OCH3 is 1. The second-order valence-electron chi connectivity index (χ2n) is 6.09. The van der Waals surface area contributed by atoms with E-state index in [1.807, 2.05) is 31.2 Å². The fourth-order valence-corrected chi connectivity index (χ4v) is 3.53. The molecule has 28 heavy (non-hydrogen) atoms. The van der Waals surface area contributed by atoms with Crippen molar-refractivity contribution in [3.8, 4) is 17.1 Å². The first kappa shape index (κ1) is 20.0. The molecule has 3 N–H and O–H groups in total. The number of amides is 1. The fraction of sp³-hybridized carbons (Fsp3) is 0.211. The summed E-state index contributed by atoms with van der Waals surface area (Å²) in [5.74, 6) is 7.01. The molecular weight excluding hydrogens is 398 g/mol. The number of rotatable bonds is 6. The molecule has 3 rings (SSSR count). The number of hydrogen-bond donors (Lipinski definition) is 2. The number of ether oxygens (including phenoxy) is 1. The quantitative estimate of drug-likeness (QED) is 0.468. The zero-order chi connectivity index (χ0) is 20.3. The molecule has 0 saturated carbocycles. The van der Waals surface area contributed by atoms with Gasteiger partial charge in [-0.1, -0.05) is 47.6 Å². The van der Waals surface area contributed by atoms with E-state index >= 15 is 0 Å². The van der Waals surface area contributed by atoms with Crippen LogP contribution in [0.5, 0.6) is 5.75 Å². The van der Waals surface area contributed by atoms with Crippen molar-refractivity contribution in [1.29, 1.82) is 0 Å². The van der Waals surface area contributed by atoms with Gasteiger partial charge in [-0.15, -0.1) is 10.2 Å². The lowest BCUT2D eigenvalue weighted by atomic mass is 10.1. The van der Waals surface area contributed by atoms with E-state index < -0.39 is 5.25 Å². The van der Waals surface area contributed by atoms with E-state index in [-0.39, 0.29) is 5.91 Å². The Kier molecular flexibility index (Phi) is 6.11. The van der Waals surface area contributed by atoms with Gasteiger partial charge in [0, 0.05) is 10.6 Å². The standard InChI is InChI=1S/C19H20ClN5O2S/c1-11-6-4-5-7-14(11)17-23-24-19(25(17)21)28-12(2)18(26)22-15-10-13(20)8-9-16(15)27-3/h4-10,12H,21H2,1-3H3,(H,22,26)/t12-/m1/s1. The predicted molar refractivity (Wildman–Crippen MR) is 112 cm³/mol. The summed E-state index contributed by atoms with van der Waals surface area (Å²) in [4.78, 5) is 12.6. The molecule has 0 saturated heterocycles. The van der Waals surface area contributed by atoms with Gasteiger partial charge in [-0.25, -0.2) is 4.68 Å². The van der Waals surface area contributed by atoms with Gasteiger partial charge in [-0.05, 0) is 37.6 Å². The molecule has 0 spiro atoms. The highest BCUT2D eigenvalue weighted by molar-refractivity contribution is 8.00. The topological polar surface area (TPSA) is 95.1 Å². The van der Waals surface area contributed by atoms with Crippen molar-refractivity contribution in [1.82, 2.24) is 14.9 Å². The molecule has 3 aromatic rings. The molecule has 7 nitrogen and oxygen atoms in total. The molecule has 9 heteroatoms. The summed E-state index contributed by atoms with van der Waals surface area (Å²) in [6, 6.07) is 12.8. The van der Waals surface area contributed by atoms with E-state index in [9.17, 15) is 4.79 Å². The molecule has 1 amide bonds. The maximum absolute atomic E-state index is 12.6. The van der Waals surface area contributed by atoms with Gasteiger partial charge in [0.2, 0.25) is 11.1 Å². The van der Waals surface area contributed by atoms with Crippen molar-refractivity contribution < 1.29 is 9.53 Å². The number of anilines is 1. The summed E-state index contributed by atoms with van der Waals surface area (Å²) in [7, 11) is 1.53. The zero-order valence-electron chi connectivity index (χ0n) is 15.6. The number of carbonyl (C=O) groups excluding carboxylic acids is 1. The van der Waals surface area contributed by atoms with Crippen molar-refractivity contribution in [2.45, 2.75) is 24.3 Å². The van der Waals surface area contributed by atoms with Crippen molar-refractivity contribution >= 4 is 35.0 Å². The maximum atomic E-state index is 12.6. The number of nitrogens with zero attached hydrogens (tertiary/aromatic N) is 3. The van der Waals surface area contributed by atoms with Gasteiger partial charge in [0.1, 0.15) is 5.75 Å². The summed E-state index contributed by atoms with van der Waals surface area (Å²) in [5.41, 5.74) is 2.43. The third-order valence-corrected chi connectivity index (χ3v) is 5.41. The van der Waals surface area contributed by atoms with Gasteiger partial charge in [0.25, 0.3) is 0 Å². The minimum absolute atomic E-state index is 0.231. The number of nitrogens with two attached hydrogens (primary N) is 1. The number of nitrogen functional groups attached to an aromatic ring is 1. The van der Waals surface area contributed by atoms with Gasteiger partial charge >= 0.3 is 0 Å². The van der Waals surface area contributed by atoms with Gasteiger partial charge in [0.15, 0.2) is 5.82 Å². The van der Waals surface area contributed by atoms with Crippen molar-refractivity contribution in [3.63, 3.8) is 0 Å². The number of nitrogens with one attached hydrogen (secondary N) is 1. The van der Waals surface area contributed by atoms with Crippen LogP contribution in [0.2, 0.25) is 5.02 Å². The Morgan fingerprint density at radius 3 is 2.75 bits per heavy atom. The van der Waals surface area contributed by atoms with Crippen LogP contribution < -0.4 is 15.9 Å². The number of aromatic nitrogens is 3. The summed E-state index contributed by atoms with van der Waals surface area (Å²) in [5, 5.41) is 11.6. The SMILES string of the molecule is COc1ccc(Cl)cc1NC(=O)[C@@H](C)Sc1nnc(-c2ccccc2C)n1N. The zero-order valence-corrected chi connectivity index (χ0v) is 17.2. The molecule has 1 heterocycles. The largest absolute Gasteiger partial charge is 0.495 e. The second kappa shape index (κ2) is 8.53. The first-order valence-electron chi connectivity index (χ1n) is 8.48. The van der Waals surface area contributed by atoms with Crippen LogP contribution in [0.25, 0.3) is 11.4 Å². The van der Waals surface area contributed by atoms with Gasteiger partial charge in [0.05, 0.1) is 18.0 Å². The Morgan fingerprint density at radius 2 is 2.04 bits per heavy atom. The van der Waals surface area contributed by atoms with Crippen molar-refractivity contribution in [2.75, 3.05) is 18.3 Å². The Morgan fingerprint density at radius 1 is 1.29 bits per heavy atom. The molecule has 0 aliphatic carbocycles. The van der Waals surface area contributed by atoms with E-state index in [0.29, 0.717) is 27.4 Å². The first-order chi connectivity index (χ1) is 13.4. The highest BCUT2D eigenvalue weighted by Gasteiger charge is 2.21. The average molecular weight is 418 g/mol. The minimum atomic E-state index is -0.472. The Labute approximate surface area is 172 Å². The number of hydrogen-bond acceptors (Lipinski definition) is 6. The predicted octanol–water partition coefficient (Wildman–Crippen LogP) is 3.75. The summed E-state index contributed by atoms with van der Waals surface area (Å²) < 4.78 is 6.65. The lowest BCUT2D eigenvalue weighted by molar-refractivity contribution is -0.115. The Hall–Kier alpha value is -2.71. The van der Waals surface area contributed by atoms with Crippen LogP contribution in [0.3, 0.4) is 0 Å². The average Bonchev–Trinajstić information content (AvgIpc) is 3.02. The smallest absolute Gasteiger partial charge is 0.237 e. The second-order valence-corrected chi connectivity index (χ2v) is 7.83. The van der Waals surface area contributed by atoms with Crippen LogP contribution in [-0.4, -0.2) is 33.1 Å². The lowest BCUT2D eigenvalue weighted by Crippen LogP contribution is -2.24. The molecule has 1 aromatic heterocycles. The van der Waals surface area contributed by atoms with Crippen LogP contribution in [-0.2, 0) is 4.79 Å². The summed E-state index contributed by atoms with van der Waals surface area (Å²) in [6.07, 6.45) is 0. The molecule has 0 unspecified atom stereocenters. The maximum Gasteiger partial charge on any atom is 0.237 e. The Bertz CT molecular complexity index is 1010.